The van der Waals surface area contributed by atoms with E-state index in [1.54, 1.807) is 0 Å². The van der Waals surface area contributed by atoms with Gasteiger partial charge in [-0.3, -0.25) is 11.3 Å². The van der Waals surface area contributed by atoms with Gasteiger partial charge in [-0.25, -0.2) is 0 Å². The molecule has 0 radical (unpaired) electrons. The molecule has 0 rings (SSSR count). The number of nitrogens with two attached hydrogens (primary N) is 1. The zero-order valence-electron chi connectivity index (χ0n) is 5.78. The molecule has 3 N–H and O–H groups in total. The molecule has 0 aromatic rings. The average Bonchev–Trinajstić information content (AvgIpc) is 1.68. The minimum absolute atomic E-state index is 0.727. The number of hydrazine groups is 1. The molecule has 0 spiro atoms. The van der Waals surface area contributed by atoms with Gasteiger partial charge in [0.1, 0.15) is 0 Å². The third-order valence-corrected chi connectivity index (χ3v) is 1.25. The molecule has 0 bridgehead atoms. The van der Waals surface area contributed by atoms with E-state index in [2.05, 4.69) is 19.3 Å². The molecule has 0 saturated heterocycles. The van der Waals surface area contributed by atoms with Crippen LogP contribution < -0.4 is 11.3 Å². The summed E-state index contributed by atoms with van der Waals surface area (Å²) in [6.07, 6.45) is 2.52. The quantitative estimate of drug-likeness (QED) is 0.423. The van der Waals surface area contributed by atoms with Crippen LogP contribution in [0.15, 0.2) is 0 Å². The van der Waals surface area contributed by atoms with Gasteiger partial charge in [-0.2, -0.15) is 0 Å². The zero-order valence-corrected chi connectivity index (χ0v) is 5.78. The van der Waals surface area contributed by atoms with E-state index in [0.29, 0.717) is 0 Å². The van der Waals surface area contributed by atoms with Crippen LogP contribution in [0.5, 0.6) is 0 Å². The fourth-order valence-corrected chi connectivity index (χ4v) is 0.796. The van der Waals surface area contributed by atoms with Crippen molar-refractivity contribution in [2.75, 3.05) is 6.54 Å². The predicted octanol–water partition coefficient (Wildman–Crippen LogP) is 0.886. The Kier molecular flexibility index (Phi) is 5.01. The summed E-state index contributed by atoms with van der Waals surface area (Å²) in [5.41, 5.74) is 2.65. The van der Waals surface area contributed by atoms with Crippen LogP contribution in [-0.2, 0) is 0 Å². The largest absolute Gasteiger partial charge is 0.271 e. The van der Waals surface area contributed by atoms with E-state index >= 15 is 0 Å². The molecule has 1 unspecified atom stereocenters. The minimum Gasteiger partial charge on any atom is -0.271 e. The fraction of sp³-hybridized carbons (Fsp3) is 1.00. The number of rotatable bonds is 4. The lowest BCUT2D eigenvalue weighted by atomic mass is 10.1. The van der Waals surface area contributed by atoms with E-state index < -0.39 is 0 Å². The molecular weight excluding hydrogens is 100 g/mol. The first-order chi connectivity index (χ1) is 3.81. The van der Waals surface area contributed by atoms with Crippen LogP contribution in [-0.4, -0.2) is 6.54 Å². The van der Waals surface area contributed by atoms with Gasteiger partial charge >= 0.3 is 0 Å². The third-order valence-electron chi connectivity index (χ3n) is 1.25. The summed E-state index contributed by atoms with van der Waals surface area (Å²) in [7, 11) is 0. The van der Waals surface area contributed by atoms with Crippen LogP contribution in [0.1, 0.15) is 26.7 Å². The van der Waals surface area contributed by atoms with Crippen molar-refractivity contribution < 1.29 is 0 Å². The van der Waals surface area contributed by atoms with E-state index in [0.717, 1.165) is 12.5 Å². The Morgan fingerprint density at radius 2 is 2.25 bits per heavy atom. The first kappa shape index (κ1) is 7.92. The summed E-state index contributed by atoms with van der Waals surface area (Å²) in [6.45, 7) is 5.32. The smallest absolute Gasteiger partial charge is 0.0123 e. The highest BCUT2D eigenvalue weighted by Crippen LogP contribution is 2.01. The molecule has 50 valence electrons. The molecule has 2 nitrogen and oxygen atoms in total. The van der Waals surface area contributed by atoms with E-state index in [1.807, 2.05) is 0 Å². The summed E-state index contributed by atoms with van der Waals surface area (Å²) < 4.78 is 0. The molecule has 0 aliphatic carbocycles. The van der Waals surface area contributed by atoms with Gasteiger partial charge in [-0.05, 0) is 12.3 Å². The summed E-state index contributed by atoms with van der Waals surface area (Å²) in [6, 6.07) is 0. The number of nitrogens with one attached hydrogen (secondary N) is 1. The SMILES string of the molecule is CCCC(C)CNN. The van der Waals surface area contributed by atoms with Crippen molar-refractivity contribution in [2.24, 2.45) is 11.8 Å². The molecule has 0 aromatic carbocycles. The van der Waals surface area contributed by atoms with E-state index in [4.69, 9.17) is 5.84 Å². The van der Waals surface area contributed by atoms with Crippen molar-refractivity contribution in [3.05, 3.63) is 0 Å². The Hall–Kier alpha value is -0.0800. The van der Waals surface area contributed by atoms with Crippen molar-refractivity contribution in [1.82, 2.24) is 5.43 Å². The van der Waals surface area contributed by atoms with Gasteiger partial charge in [0.2, 0.25) is 0 Å². The second-order valence-corrected chi connectivity index (χ2v) is 2.30. The van der Waals surface area contributed by atoms with Crippen molar-refractivity contribution in [3.8, 4) is 0 Å². The van der Waals surface area contributed by atoms with Crippen LogP contribution in [0, 0.1) is 5.92 Å². The van der Waals surface area contributed by atoms with Gasteiger partial charge in [0.15, 0.2) is 0 Å². The minimum atomic E-state index is 0.727. The van der Waals surface area contributed by atoms with Crippen molar-refractivity contribution in [1.29, 1.82) is 0 Å². The summed E-state index contributed by atoms with van der Waals surface area (Å²) >= 11 is 0. The number of hydrogen-bond donors (Lipinski definition) is 2. The molecular formula is C6H16N2. The second kappa shape index (κ2) is 5.06. The van der Waals surface area contributed by atoms with E-state index in [1.165, 1.54) is 12.8 Å². The van der Waals surface area contributed by atoms with Gasteiger partial charge in [-0.1, -0.05) is 20.3 Å². The Balaban J connectivity index is 2.92. The van der Waals surface area contributed by atoms with Gasteiger partial charge < -0.3 is 0 Å². The lowest BCUT2D eigenvalue weighted by Gasteiger charge is -2.06. The monoisotopic (exact) mass is 116 g/mol. The summed E-state index contributed by atoms with van der Waals surface area (Å²) in [5.74, 6) is 5.84. The molecule has 2 heteroatoms. The lowest BCUT2D eigenvalue weighted by molar-refractivity contribution is 0.484. The molecule has 0 heterocycles. The van der Waals surface area contributed by atoms with Gasteiger partial charge in [0.05, 0.1) is 0 Å². The molecule has 0 fully saturated rings. The van der Waals surface area contributed by atoms with Gasteiger partial charge in [0.25, 0.3) is 0 Å². The summed E-state index contributed by atoms with van der Waals surface area (Å²) in [4.78, 5) is 0. The highest BCUT2D eigenvalue weighted by Gasteiger charge is 1.95. The maximum absolute atomic E-state index is 5.11. The maximum atomic E-state index is 5.11. The van der Waals surface area contributed by atoms with Gasteiger partial charge in [-0.15, -0.1) is 0 Å². The maximum Gasteiger partial charge on any atom is 0.0123 e. The molecule has 0 aliphatic heterocycles. The van der Waals surface area contributed by atoms with Crippen LogP contribution >= 0.6 is 0 Å². The molecule has 0 saturated carbocycles. The topological polar surface area (TPSA) is 38.0 Å². The van der Waals surface area contributed by atoms with Crippen LogP contribution in [0.2, 0.25) is 0 Å². The van der Waals surface area contributed by atoms with Crippen LogP contribution in [0.4, 0.5) is 0 Å². The predicted molar refractivity (Wildman–Crippen MR) is 36.3 cm³/mol. The van der Waals surface area contributed by atoms with E-state index in [9.17, 15) is 0 Å². The Morgan fingerprint density at radius 3 is 2.62 bits per heavy atom. The third kappa shape index (κ3) is 4.09. The molecule has 0 amide bonds. The molecule has 0 aliphatic rings. The molecule has 1 atom stereocenters. The molecule has 8 heavy (non-hydrogen) atoms. The Morgan fingerprint density at radius 1 is 1.62 bits per heavy atom. The Labute approximate surface area is 51.4 Å². The van der Waals surface area contributed by atoms with E-state index in [-0.39, 0.29) is 0 Å². The lowest BCUT2D eigenvalue weighted by Crippen LogP contribution is -2.27. The van der Waals surface area contributed by atoms with Crippen LogP contribution in [0.25, 0.3) is 0 Å². The van der Waals surface area contributed by atoms with Crippen molar-refractivity contribution in [2.45, 2.75) is 26.7 Å². The number of hydrogen-bond acceptors (Lipinski definition) is 2. The normalized spacial score (nSPS) is 13.9. The Bertz CT molecular complexity index is 39.8. The first-order valence-electron chi connectivity index (χ1n) is 3.24. The van der Waals surface area contributed by atoms with Gasteiger partial charge in [0, 0.05) is 6.54 Å². The standard InChI is InChI=1S/C6H16N2/c1-3-4-6(2)5-8-7/h6,8H,3-5,7H2,1-2H3. The van der Waals surface area contributed by atoms with Crippen molar-refractivity contribution >= 4 is 0 Å². The zero-order chi connectivity index (χ0) is 6.41. The highest BCUT2D eigenvalue weighted by atomic mass is 15.2. The first-order valence-corrected chi connectivity index (χ1v) is 3.24. The fourth-order valence-electron chi connectivity index (χ4n) is 0.796. The van der Waals surface area contributed by atoms with Crippen LogP contribution in [0.3, 0.4) is 0 Å². The summed E-state index contributed by atoms with van der Waals surface area (Å²) in [5, 5.41) is 0. The second-order valence-electron chi connectivity index (χ2n) is 2.30. The highest BCUT2D eigenvalue weighted by molar-refractivity contribution is 4.51. The average molecular weight is 116 g/mol. The van der Waals surface area contributed by atoms with Crippen molar-refractivity contribution in [3.63, 3.8) is 0 Å². The molecule has 0 aromatic heterocycles.